The highest BCUT2D eigenvalue weighted by Crippen LogP contribution is 2.36. The standard InChI is InChI=1S/C17H21N3O3/c1-4-20(16(22)23-3)14-7-5-6-12-10-17(9-8-13(12)14)15(21)18-11(2)19-17/h5-7H,4,8-10H2,1-3H3,(H,18,19,21). The number of hydrogen-bond donors (Lipinski definition) is 1. The van der Waals surface area contributed by atoms with E-state index >= 15 is 0 Å². The number of amides is 2. The van der Waals surface area contributed by atoms with Crippen molar-refractivity contribution >= 4 is 23.5 Å². The quantitative estimate of drug-likeness (QED) is 0.907. The Hall–Kier alpha value is -2.37. The number of benzene rings is 1. The lowest BCUT2D eigenvalue weighted by Gasteiger charge is -2.35. The smallest absolute Gasteiger partial charge is 0.413 e. The van der Waals surface area contributed by atoms with Crippen molar-refractivity contribution in [2.75, 3.05) is 18.6 Å². The molecular weight excluding hydrogens is 294 g/mol. The molecule has 1 atom stereocenters. The van der Waals surface area contributed by atoms with Crippen molar-refractivity contribution in [2.24, 2.45) is 4.99 Å². The summed E-state index contributed by atoms with van der Waals surface area (Å²) in [5, 5.41) is 3.25. The lowest BCUT2D eigenvalue weighted by atomic mass is 9.77. The average Bonchev–Trinajstić information content (AvgIpc) is 2.81. The topological polar surface area (TPSA) is 71.0 Å². The van der Waals surface area contributed by atoms with Gasteiger partial charge in [0.25, 0.3) is 5.91 Å². The number of rotatable bonds is 2. The third kappa shape index (κ3) is 2.48. The van der Waals surface area contributed by atoms with Crippen LogP contribution in [0.3, 0.4) is 0 Å². The van der Waals surface area contributed by atoms with E-state index in [0.29, 0.717) is 25.2 Å². The van der Waals surface area contributed by atoms with Crippen LogP contribution in [0, 0.1) is 0 Å². The maximum absolute atomic E-state index is 12.3. The second kappa shape index (κ2) is 5.68. The number of ether oxygens (including phenoxy) is 1. The molecule has 1 aliphatic carbocycles. The Balaban J connectivity index is 1.96. The van der Waals surface area contributed by atoms with Gasteiger partial charge in [-0.1, -0.05) is 12.1 Å². The number of nitrogens with one attached hydrogen (secondary N) is 1. The van der Waals surface area contributed by atoms with Crippen molar-refractivity contribution in [3.05, 3.63) is 29.3 Å². The number of hydrogen-bond acceptors (Lipinski definition) is 4. The first-order valence-electron chi connectivity index (χ1n) is 7.85. The van der Waals surface area contributed by atoms with E-state index in [4.69, 9.17) is 4.74 Å². The number of aliphatic imine (C=N–C) groups is 1. The maximum atomic E-state index is 12.3. The van der Waals surface area contributed by atoms with Gasteiger partial charge in [0, 0.05) is 13.0 Å². The molecule has 1 N–H and O–H groups in total. The van der Waals surface area contributed by atoms with Gasteiger partial charge in [-0.3, -0.25) is 9.69 Å². The van der Waals surface area contributed by atoms with Crippen LogP contribution in [0.4, 0.5) is 10.5 Å². The van der Waals surface area contributed by atoms with Crippen LogP contribution in [0.15, 0.2) is 23.2 Å². The Morgan fingerprint density at radius 1 is 1.48 bits per heavy atom. The molecule has 0 bridgehead atoms. The van der Waals surface area contributed by atoms with E-state index in [0.717, 1.165) is 23.2 Å². The van der Waals surface area contributed by atoms with E-state index in [2.05, 4.69) is 10.3 Å². The Kier molecular flexibility index (Phi) is 3.83. The third-order valence-corrected chi connectivity index (χ3v) is 4.64. The fourth-order valence-electron chi connectivity index (χ4n) is 3.56. The Morgan fingerprint density at radius 3 is 2.87 bits per heavy atom. The lowest BCUT2D eigenvalue weighted by Crippen LogP contribution is -2.52. The van der Waals surface area contributed by atoms with Gasteiger partial charge in [-0.05, 0) is 43.9 Å². The molecule has 1 heterocycles. The van der Waals surface area contributed by atoms with E-state index in [-0.39, 0.29) is 12.0 Å². The van der Waals surface area contributed by atoms with E-state index in [1.54, 1.807) is 4.90 Å². The average molecular weight is 315 g/mol. The Labute approximate surface area is 135 Å². The molecule has 23 heavy (non-hydrogen) atoms. The molecule has 6 heteroatoms. The van der Waals surface area contributed by atoms with Crippen molar-refractivity contribution in [3.8, 4) is 0 Å². The summed E-state index contributed by atoms with van der Waals surface area (Å²) in [5.74, 6) is 0.589. The van der Waals surface area contributed by atoms with E-state index in [1.165, 1.54) is 7.11 Å². The van der Waals surface area contributed by atoms with Gasteiger partial charge in [-0.15, -0.1) is 0 Å². The monoisotopic (exact) mass is 315 g/mol. The summed E-state index contributed by atoms with van der Waals surface area (Å²) < 4.78 is 4.88. The highest BCUT2D eigenvalue weighted by Gasteiger charge is 2.45. The second-order valence-corrected chi connectivity index (χ2v) is 6.02. The summed E-state index contributed by atoms with van der Waals surface area (Å²) in [7, 11) is 1.39. The van der Waals surface area contributed by atoms with Crippen LogP contribution in [0.1, 0.15) is 31.4 Å². The number of carbonyl (C=O) groups is 2. The number of amidine groups is 1. The fraction of sp³-hybridized carbons (Fsp3) is 0.471. The molecule has 3 rings (SSSR count). The van der Waals surface area contributed by atoms with Crippen LogP contribution in [0.25, 0.3) is 0 Å². The highest BCUT2D eigenvalue weighted by atomic mass is 16.5. The van der Waals surface area contributed by atoms with E-state index in [1.807, 2.05) is 32.0 Å². The van der Waals surface area contributed by atoms with Crippen molar-refractivity contribution in [2.45, 2.75) is 38.6 Å². The van der Waals surface area contributed by atoms with Gasteiger partial charge < -0.3 is 10.1 Å². The summed E-state index contributed by atoms with van der Waals surface area (Å²) in [6, 6.07) is 5.88. The minimum Gasteiger partial charge on any atom is -0.452 e. The van der Waals surface area contributed by atoms with Crippen LogP contribution < -0.4 is 10.2 Å². The third-order valence-electron chi connectivity index (χ3n) is 4.64. The zero-order valence-electron chi connectivity index (χ0n) is 13.7. The minimum absolute atomic E-state index is 0.0913. The number of carbonyl (C=O) groups excluding carboxylic acids is 2. The molecule has 2 amide bonds. The first-order valence-corrected chi connectivity index (χ1v) is 7.85. The zero-order chi connectivity index (χ0) is 16.6. The first-order chi connectivity index (χ1) is 11.0. The number of anilines is 1. The first kappa shape index (κ1) is 15.5. The van der Waals surface area contributed by atoms with Gasteiger partial charge >= 0.3 is 6.09 Å². The number of nitrogens with zero attached hydrogens (tertiary/aromatic N) is 2. The molecule has 0 saturated carbocycles. The summed E-state index contributed by atoms with van der Waals surface area (Å²) >= 11 is 0. The molecule has 1 aromatic carbocycles. The van der Waals surface area contributed by atoms with Crippen molar-refractivity contribution < 1.29 is 14.3 Å². The number of methoxy groups -OCH3 is 1. The molecule has 0 fully saturated rings. The molecule has 122 valence electrons. The second-order valence-electron chi connectivity index (χ2n) is 6.02. The largest absolute Gasteiger partial charge is 0.452 e. The Morgan fingerprint density at radius 2 is 2.26 bits per heavy atom. The van der Waals surface area contributed by atoms with Crippen molar-refractivity contribution in [1.82, 2.24) is 5.32 Å². The van der Waals surface area contributed by atoms with Crippen molar-refractivity contribution in [3.63, 3.8) is 0 Å². The molecule has 1 spiro atoms. The van der Waals surface area contributed by atoms with Crippen LogP contribution in [-0.4, -0.2) is 37.0 Å². The van der Waals surface area contributed by atoms with E-state index in [9.17, 15) is 9.59 Å². The van der Waals surface area contributed by atoms with E-state index < -0.39 is 5.54 Å². The van der Waals surface area contributed by atoms with Crippen LogP contribution in [-0.2, 0) is 22.4 Å². The van der Waals surface area contributed by atoms with Crippen molar-refractivity contribution in [1.29, 1.82) is 0 Å². The predicted molar refractivity (Wildman–Crippen MR) is 87.9 cm³/mol. The summed E-state index contributed by atoms with van der Waals surface area (Å²) in [6.45, 7) is 4.27. The maximum Gasteiger partial charge on any atom is 0.413 e. The molecule has 2 aliphatic rings. The summed E-state index contributed by atoms with van der Waals surface area (Å²) in [4.78, 5) is 29.9. The molecule has 0 radical (unpaired) electrons. The lowest BCUT2D eigenvalue weighted by molar-refractivity contribution is -0.122. The van der Waals surface area contributed by atoms with Gasteiger partial charge in [0.2, 0.25) is 0 Å². The highest BCUT2D eigenvalue weighted by molar-refractivity contribution is 6.06. The summed E-state index contributed by atoms with van der Waals surface area (Å²) in [5.41, 5.74) is 2.46. The van der Waals surface area contributed by atoms with Gasteiger partial charge in [0.05, 0.1) is 12.8 Å². The van der Waals surface area contributed by atoms with Gasteiger partial charge in [-0.2, -0.15) is 4.99 Å². The van der Waals surface area contributed by atoms with Crippen LogP contribution in [0.5, 0.6) is 0 Å². The minimum atomic E-state index is -0.613. The van der Waals surface area contributed by atoms with Crippen LogP contribution >= 0.6 is 0 Å². The fourth-order valence-corrected chi connectivity index (χ4v) is 3.56. The summed E-state index contributed by atoms with van der Waals surface area (Å²) in [6.07, 6.45) is 1.63. The zero-order valence-corrected chi connectivity index (χ0v) is 13.7. The molecule has 0 aromatic heterocycles. The predicted octanol–water partition coefficient (Wildman–Crippen LogP) is 2.05. The number of fused-ring (bicyclic) bond motifs is 1. The molecule has 1 unspecified atom stereocenters. The normalized spacial score (nSPS) is 22.4. The molecule has 1 aromatic rings. The van der Waals surface area contributed by atoms with Crippen LogP contribution in [0.2, 0.25) is 0 Å². The molecular formula is C17H21N3O3. The molecule has 1 aliphatic heterocycles. The van der Waals surface area contributed by atoms with Gasteiger partial charge in [0.15, 0.2) is 0 Å². The van der Waals surface area contributed by atoms with Gasteiger partial charge in [0.1, 0.15) is 11.4 Å². The van der Waals surface area contributed by atoms with Gasteiger partial charge in [-0.25, -0.2) is 4.79 Å². The molecule has 0 saturated heterocycles. The SMILES string of the molecule is CCN(C(=O)OC)c1cccc2c1CCC1(C2)NC(C)=NC1=O. The Bertz CT molecular complexity index is 698. The molecule has 6 nitrogen and oxygen atoms in total.